The van der Waals surface area contributed by atoms with Crippen LogP contribution in [0, 0.1) is 0 Å². The van der Waals surface area contributed by atoms with E-state index < -0.39 is 10.0 Å². The monoisotopic (exact) mass is 382 g/mol. The number of amides is 1. The van der Waals surface area contributed by atoms with E-state index in [-0.39, 0.29) is 28.3 Å². The number of carbonyl (C=O) groups excluding carboxylic acids is 1. The smallest absolute Gasteiger partial charge is 0.287 e. The van der Waals surface area contributed by atoms with Crippen molar-refractivity contribution >= 4 is 27.5 Å². The fourth-order valence-electron chi connectivity index (χ4n) is 2.74. The fourth-order valence-corrected chi connectivity index (χ4v) is 4.40. The molecular weight excluding hydrogens is 364 g/mol. The molecule has 6 nitrogen and oxygen atoms in total. The van der Waals surface area contributed by atoms with Crippen molar-refractivity contribution in [2.45, 2.75) is 30.7 Å². The second-order valence-electron chi connectivity index (χ2n) is 5.90. The van der Waals surface area contributed by atoms with Gasteiger partial charge >= 0.3 is 0 Å². The predicted octanol–water partition coefficient (Wildman–Crippen LogP) is 3.04. The lowest BCUT2D eigenvalue weighted by atomic mass is 10.2. The van der Waals surface area contributed by atoms with Crippen LogP contribution in [-0.2, 0) is 16.6 Å². The van der Waals surface area contributed by atoms with Crippen LogP contribution in [0.2, 0.25) is 5.22 Å². The molecule has 0 spiro atoms. The molecule has 1 fully saturated rings. The molecule has 0 unspecified atom stereocenters. The van der Waals surface area contributed by atoms with Crippen LogP contribution >= 0.6 is 11.6 Å². The van der Waals surface area contributed by atoms with E-state index in [1.54, 1.807) is 24.3 Å². The van der Waals surface area contributed by atoms with E-state index in [1.165, 1.54) is 16.4 Å². The van der Waals surface area contributed by atoms with Gasteiger partial charge in [0, 0.05) is 19.6 Å². The summed E-state index contributed by atoms with van der Waals surface area (Å²) in [7, 11) is -3.43. The van der Waals surface area contributed by atoms with Gasteiger partial charge in [-0.3, -0.25) is 4.79 Å². The first-order valence-electron chi connectivity index (χ1n) is 8.09. The van der Waals surface area contributed by atoms with Crippen LogP contribution in [0.5, 0.6) is 0 Å². The number of carbonyl (C=O) groups is 1. The standard InChI is InChI=1S/C17H19ClN2O4S/c18-16-9-8-15(24-16)17(21)19-12-13-4-6-14(7-5-13)25(22,23)20-10-2-1-3-11-20/h4-9H,1-3,10-12H2,(H,19,21). The van der Waals surface area contributed by atoms with Crippen molar-refractivity contribution in [3.8, 4) is 0 Å². The van der Waals surface area contributed by atoms with Crippen molar-refractivity contribution in [3.63, 3.8) is 0 Å². The Kier molecular flexibility index (Phi) is 5.46. The fraction of sp³-hybridized carbons (Fsp3) is 0.353. The van der Waals surface area contributed by atoms with Gasteiger partial charge in [-0.05, 0) is 54.3 Å². The zero-order chi connectivity index (χ0) is 17.9. The number of sulfonamides is 1. The topological polar surface area (TPSA) is 79.6 Å². The Morgan fingerprint density at radius 2 is 1.76 bits per heavy atom. The lowest BCUT2D eigenvalue weighted by Crippen LogP contribution is -2.35. The molecule has 2 heterocycles. The van der Waals surface area contributed by atoms with E-state index in [4.69, 9.17) is 16.0 Å². The molecule has 1 aliphatic rings. The van der Waals surface area contributed by atoms with E-state index in [0.29, 0.717) is 13.1 Å². The van der Waals surface area contributed by atoms with Gasteiger partial charge in [0.05, 0.1) is 4.90 Å². The molecule has 1 N–H and O–H groups in total. The molecule has 0 bridgehead atoms. The molecule has 2 aromatic rings. The largest absolute Gasteiger partial charge is 0.440 e. The van der Waals surface area contributed by atoms with Crippen LogP contribution in [0.15, 0.2) is 45.7 Å². The summed E-state index contributed by atoms with van der Waals surface area (Å²) in [4.78, 5) is 12.2. The van der Waals surface area contributed by atoms with Gasteiger partial charge in [-0.2, -0.15) is 4.31 Å². The number of nitrogens with one attached hydrogen (secondary N) is 1. The Morgan fingerprint density at radius 3 is 2.36 bits per heavy atom. The van der Waals surface area contributed by atoms with Gasteiger partial charge in [0.15, 0.2) is 11.0 Å². The third-order valence-electron chi connectivity index (χ3n) is 4.13. The Balaban J connectivity index is 1.63. The molecule has 0 radical (unpaired) electrons. The van der Waals surface area contributed by atoms with Crippen LogP contribution in [0.4, 0.5) is 0 Å². The minimum absolute atomic E-state index is 0.134. The summed E-state index contributed by atoms with van der Waals surface area (Å²) in [6.07, 6.45) is 2.88. The molecule has 0 atom stereocenters. The molecule has 0 saturated carbocycles. The average molecular weight is 383 g/mol. The van der Waals surface area contributed by atoms with Crippen molar-refractivity contribution in [2.24, 2.45) is 0 Å². The van der Waals surface area contributed by atoms with Gasteiger partial charge in [-0.1, -0.05) is 18.6 Å². The summed E-state index contributed by atoms with van der Waals surface area (Å²) in [6.45, 7) is 1.42. The molecule has 134 valence electrons. The Morgan fingerprint density at radius 1 is 1.08 bits per heavy atom. The van der Waals surface area contributed by atoms with Gasteiger partial charge in [0.2, 0.25) is 10.0 Å². The minimum Gasteiger partial charge on any atom is -0.440 e. The summed E-state index contributed by atoms with van der Waals surface area (Å²) in [5.41, 5.74) is 0.795. The summed E-state index contributed by atoms with van der Waals surface area (Å²) >= 11 is 5.64. The molecule has 0 aliphatic carbocycles. The highest BCUT2D eigenvalue weighted by Gasteiger charge is 2.25. The van der Waals surface area contributed by atoms with Gasteiger partial charge in [0.1, 0.15) is 0 Å². The van der Waals surface area contributed by atoms with Crippen LogP contribution in [0.25, 0.3) is 0 Å². The number of hydrogen-bond acceptors (Lipinski definition) is 4. The zero-order valence-electron chi connectivity index (χ0n) is 13.6. The second-order valence-corrected chi connectivity index (χ2v) is 8.21. The highest BCUT2D eigenvalue weighted by Crippen LogP contribution is 2.21. The zero-order valence-corrected chi connectivity index (χ0v) is 15.1. The number of halogens is 1. The Bertz CT molecular complexity index is 840. The quantitative estimate of drug-likeness (QED) is 0.861. The first kappa shape index (κ1) is 18.0. The van der Waals surface area contributed by atoms with Crippen molar-refractivity contribution in [1.82, 2.24) is 9.62 Å². The van der Waals surface area contributed by atoms with Crippen LogP contribution in [0.3, 0.4) is 0 Å². The molecule has 1 aliphatic heterocycles. The van der Waals surface area contributed by atoms with Gasteiger partial charge in [-0.15, -0.1) is 0 Å². The van der Waals surface area contributed by atoms with E-state index >= 15 is 0 Å². The summed E-state index contributed by atoms with van der Waals surface area (Å²) in [6, 6.07) is 9.55. The number of rotatable bonds is 5. The lowest BCUT2D eigenvalue weighted by Gasteiger charge is -2.25. The average Bonchev–Trinajstić information content (AvgIpc) is 3.07. The number of nitrogens with zero attached hydrogens (tertiary/aromatic N) is 1. The molecule has 1 amide bonds. The van der Waals surface area contributed by atoms with Crippen molar-refractivity contribution in [2.75, 3.05) is 13.1 Å². The molecular formula is C17H19ClN2O4S. The summed E-state index contributed by atoms with van der Waals surface area (Å²) in [5.74, 6) is -0.244. The van der Waals surface area contributed by atoms with Crippen molar-refractivity contribution < 1.29 is 17.6 Å². The molecule has 8 heteroatoms. The lowest BCUT2D eigenvalue weighted by molar-refractivity contribution is 0.0923. The highest BCUT2D eigenvalue weighted by molar-refractivity contribution is 7.89. The summed E-state index contributed by atoms with van der Waals surface area (Å²) in [5, 5.41) is 2.85. The number of benzene rings is 1. The molecule has 1 saturated heterocycles. The molecule has 1 aromatic carbocycles. The first-order valence-corrected chi connectivity index (χ1v) is 9.91. The Hall–Kier alpha value is -1.83. The van der Waals surface area contributed by atoms with Crippen molar-refractivity contribution in [1.29, 1.82) is 0 Å². The molecule has 1 aromatic heterocycles. The third-order valence-corrected chi connectivity index (χ3v) is 6.24. The maximum absolute atomic E-state index is 12.6. The van der Waals surface area contributed by atoms with Crippen LogP contribution in [0.1, 0.15) is 35.4 Å². The van der Waals surface area contributed by atoms with Gasteiger partial charge < -0.3 is 9.73 Å². The number of furan rings is 1. The predicted molar refractivity (Wildman–Crippen MR) is 93.9 cm³/mol. The normalized spacial score (nSPS) is 15.9. The Labute approximate surface area is 151 Å². The first-order chi connectivity index (χ1) is 12.0. The van der Waals surface area contributed by atoms with Crippen LogP contribution in [-0.4, -0.2) is 31.7 Å². The molecule has 25 heavy (non-hydrogen) atoms. The highest BCUT2D eigenvalue weighted by atomic mass is 35.5. The van der Waals surface area contributed by atoms with Gasteiger partial charge in [-0.25, -0.2) is 8.42 Å². The van der Waals surface area contributed by atoms with E-state index in [1.807, 2.05) is 0 Å². The van der Waals surface area contributed by atoms with E-state index in [0.717, 1.165) is 24.8 Å². The SMILES string of the molecule is O=C(NCc1ccc(S(=O)(=O)N2CCCCC2)cc1)c1ccc(Cl)o1. The van der Waals surface area contributed by atoms with E-state index in [9.17, 15) is 13.2 Å². The third kappa shape index (κ3) is 4.23. The van der Waals surface area contributed by atoms with Gasteiger partial charge in [0.25, 0.3) is 5.91 Å². The molecule has 3 rings (SSSR count). The van der Waals surface area contributed by atoms with Crippen molar-refractivity contribution in [3.05, 3.63) is 52.9 Å². The second kappa shape index (κ2) is 7.59. The maximum Gasteiger partial charge on any atom is 0.287 e. The minimum atomic E-state index is -3.43. The maximum atomic E-state index is 12.6. The van der Waals surface area contributed by atoms with Crippen LogP contribution < -0.4 is 5.32 Å². The summed E-state index contributed by atoms with van der Waals surface area (Å²) < 4.78 is 31.7. The number of piperidine rings is 1. The number of hydrogen-bond donors (Lipinski definition) is 1. The van der Waals surface area contributed by atoms with E-state index in [2.05, 4.69) is 5.32 Å².